The van der Waals surface area contributed by atoms with Crippen LogP contribution < -0.4 is 5.32 Å². The SMILES string of the molecule is Cc1noc(C(C)N2CCN(C(C)C(=O)Nc3cc(C)on3)CC2)n1. The maximum absolute atomic E-state index is 12.4. The molecule has 2 unspecified atom stereocenters. The fraction of sp³-hybridized carbons (Fsp3) is 0.625. The molecule has 2 atom stereocenters. The predicted molar refractivity (Wildman–Crippen MR) is 89.9 cm³/mol. The molecular weight excluding hydrogens is 324 g/mol. The second-order valence-corrected chi connectivity index (χ2v) is 6.42. The van der Waals surface area contributed by atoms with Gasteiger partial charge in [-0.1, -0.05) is 10.3 Å². The first kappa shape index (κ1) is 17.6. The van der Waals surface area contributed by atoms with Gasteiger partial charge in [0.25, 0.3) is 0 Å². The van der Waals surface area contributed by atoms with Crippen LogP contribution in [0.15, 0.2) is 15.1 Å². The van der Waals surface area contributed by atoms with Gasteiger partial charge in [0.05, 0.1) is 12.1 Å². The fourth-order valence-corrected chi connectivity index (χ4v) is 2.97. The van der Waals surface area contributed by atoms with E-state index in [1.165, 1.54) is 0 Å². The van der Waals surface area contributed by atoms with Gasteiger partial charge in [-0.05, 0) is 27.7 Å². The molecule has 1 aliphatic rings. The Balaban J connectivity index is 1.51. The van der Waals surface area contributed by atoms with Crippen LogP contribution in [0.4, 0.5) is 5.82 Å². The van der Waals surface area contributed by atoms with Crippen molar-refractivity contribution in [1.82, 2.24) is 25.1 Å². The topological polar surface area (TPSA) is 101 Å². The second-order valence-electron chi connectivity index (χ2n) is 6.42. The molecule has 3 heterocycles. The van der Waals surface area contributed by atoms with Gasteiger partial charge in [-0.25, -0.2) is 0 Å². The quantitative estimate of drug-likeness (QED) is 0.865. The molecule has 0 saturated carbocycles. The predicted octanol–water partition coefficient (Wildman–Crippen LogP) is 1.38. The van der Waals surface area contributed by atoms with Gasteiger partial charge in [0, 0.05) is 32.2 Å². The van der Waals surface area contributed by atoms with Crippen LogP contribution in [0, 0.1) is 13.8 Å². The van der Waals surface area contributed by atoms with Crippen molar-refractivity contribution in [2.24, 2.45) is 0 Å². The van der Waals surface area contributed by atoms with Crippen molar-refractivity contribution in [2.45, 2.75) is 39.8 Å². The number of amides is 1. The molecule has 1 fully saturated rings. The monoisotopic (exact) mass is 348 g/mol. The van der Waals surface area contributed by atoms with E-state index < -0.39 is 0 Å². The maximum Gasteiger partial charge on any atom is 0.243 e. The van der Waals surface area contributed by atoms with Crippen molar-refractivity contribution >= 4 is 11.7 Å². The van der Waals surface area contributed by atoms with Crippen molar-refractivity contribution < 1.29 is 13.8 Å². The molecule has 136 valence electrons. The van der Waals surface area contributed by atoms with Crippen molar-refractivity contribution in [1.29, 1.82) is 0 Å². The molecule has 9 heteroatoms. The summed E-state index contributed by atoms with van der Waals surface area (Å²) in [5.74, 6) is 2.32. The van der Waals surface area contributed by atoms with E-state index in [1.807, 2.05) is 13.8 Å². The summed E-state index contributed by atoms with van der Waals surface area (Å²) < 4.78 is 10.2. The Morgan fingerprint density at radius 2 is 1.80 bits per heavy atom. The molecule has 1 N–H and O–H groups in total. The molecule has 1 saturated heterocycles. The van der Waals surface area contributed by atoms with E-state index in [-0.39, 0.29) is 18.0 Å². The lowest BCUT2D eigenvalue weighted by Gasteiger charge is -2.38. The Kier molecular flexibility index (Phi) is 5.14. The highest BCUT2D eigenvalue weighted by molar-refractivity contribution is 5.93. The van der Waals surface area contributed by atoms with Crippen LogP contribution in [-0.2, 0) is 4.79 Å². The number of nitrogens with zero attached hydrogens (tertiary/aromatic N) is 5. The van der Waals surface area contributed by atoms with Crippen LogP contribution in [0.1, 0.15) is 37.4 Å². The summed E-state index contributed by atoms with van der Waals surface area (Å²) in [5.41, 5.74) is 0. The zero-order chi connectivity index (χ0) is 18.0. The van der Waals surface area contributed by atoms with Gasteiger partial charge in [-0.2, -0.15) is 4.98 Å². The van der Waals surface area contributed by atoms with Crippen molar-refractivity contribution in [2.75, 3.05) is 31.5 Å². The minimum absolute atomic E-state index is 0.0746. The average molecular weight is 348 g/mol. The zero-order valence-corrected chi connectivity index (χ0v) is 15.0. The molecular formula is C16H24N6O3. The summed E-state index contributed by atoms with van der Waals surface area (Å²) in [6, 6.07) is 1.54. The van der Waals surface area contributed by atoms with E-state index in [0.717, 1.165) is 26.2 Å². The number of carbonyl (C=O) groups is 1. The van der Waals surface area contributed by atoms with Gasteiger partial charge >= 0.3 is 0 Å². The van der Waals surface area contributed by atoms with Crippen LogP contribution in [0.5, 0.6) is 0 Å². The molecule has 2 aromatic heterocycles. The minimum atomic E-state index is -0.236. The number of nitrogens with one attached hydrogen (secondary N) is 1. The van der Waals surface area contributed by atoms with Crippen LogP contribution in [-0.4, -0.2) is 63.2 Å². The Bertz CT molecular complexity index is 719. The first-order valence-corrected chi connectivity index (χ1v) is 8.46. The van der Waals surface area contributed by atoms with Gasteiger partial charge in [-0.3, -0.25) is 14.6 Å². The van der Waals surface area contributed by atoms with E-state index in [4.69, 9.17) is 9.05 Å². The van der Waals surface area contributed by atoms with Crippen LogP contribution in [0.3, 0.4) is 0 Å². The molecule has 0 aromatic carbocycles. The molecule has 0 radical (unpaired) electrons. The molecule has 2 aromatic rings. The van der Waals surface area contributed by atoms with E-state index in [0.29, 0.717) is 23.3 Å². The first-order valence-electron chi connectivity index (χ1n) is 8.46. The number of hydrogen-bond acceptors (Lipinski definition) is 8. The lowest BCUT2D eigenvalue weighted by molar-refractivity contribution is -0.121. The molecule has 3 rings (SSSR count). The molecule has 0 bridgehead atoms. The third kappa shape index (κ3) is 4.05. The Hall–Kier alpha value is -2.26. The van der Waals surface area contributed by atoms with Crippen LogP contribution >= 0.6 is 0 Å². The normalized spacial score (nSPS) is 18.9. The number of aromatic nitrogens is 3. The van der Waals surface area contributed by atoms with Crippen LogP contribution in [0.25, 0.3) is 0 Å². The van der Waals surface area contributed by atoms with Crippen LogP contribution in [0.2, 0.25) is 0 Å². The number of aryl methyl sites for hydroxylation is 2. The third-order valence-electron chi connectivity index (χ3n) is 4.60. The van der Waals surface area contributed by atoms with E-state index in [2.05, 4.69) is 37.3 Å². The highest BCUT2D eigenvalue weighted by Gasteiger charge is 2.29. The van der Waals surface area contributed by atoms with Gasteiger partial charge in [0.1, 0.15) is 5.76 Å². The van der Waals surface area contributed by atoms with Gasteiger partial charge in [-0.15, -0.1) is 0 Å². The summed E-state index contributed by atoms with van der Waals surface area (Å²) >= 11 is 0. The summed E-state index contributed by atoms with van der Waals surface area (Å²) in [5, 5.41) is 10.4. The largest absolute Gasteiger partial charge is 0.360 e. The van der Waals surface area contributed by atoms with E-state index >= 15 is 0 Å². The number of rotatable bonds is 5. The molecule has 25 heavy (non-hydrogen) atoms. The Morgan fingerprint density at radius 3 is 2.36 bits per heavy atom. The average Bonchev–Trinajstić information content (AvgIpc) is 3.22. The Labute approximate surface area is 146 Å². The standard InChI is InChI=1S/C16H24N6O3/c1-10-9-14(20-24-10)18-15(23)11(2)21-5-7-22(8-6-21)12(3)16-17-13(4)19-25-16/h9,11-12H,5-8H2,1-4H3,(H,18,20,23). The highest BCUT2D eigenvalue weighted by atomic mass is 16.5. The number of piperazine rings is 1. The fourth-order valence-electron chi connectivity index (χ4n) is 2.97. The van der Waals surface area contributed by atoms with Gasteiger partial charge < -0.3 is 14.4 Å². The lowest BCUT2D eigenvalue weighted by atomic mass is 10.2. The Morgan fingerprint density at radius 1 is 1.12 bits per heavy atom. The van der Waals surface area contributed by atoms with Crippen molar-refractivity contribution in [3.05, 3.63) is 23.5 Å². The van der Waals surface area contributed by atoms with Crippen molar-refractivity contribution in [3.63, 3.8) is 0 Å². The molecule has 1 amide bonds. The molecule has 9 nitrogen and oxygen atoms in total. The van der Waals surface area contributed by atoms with E-state index in [1.54, 1.807) is 13.0 Å². The number of carbonyl (C=O) groups excluding carboxylic acids is 1. The van der Waals surface area contributed by atoms with Gasteiger partial charge in [0.15, 0.2) is 11.6 Å². The summed E-state index contributed by atoms with van der Waals surface area (Å²) in [6.07, 6.45) is 0. The second kappa shape index (κ2) is 7.32. The lowest BCUT2D eigenvalue weighted by Crippen LogP contribution is -2.53. The maximum atomic E-state index is 12.4. The third-order valence-corrected chi connectivity index (χ3v) is 4.60. The number of hydrogen-bond donors (Lipinski definition) is 1. The molecule has 1 aliphatic heterocycles. The smallest absolute Gasteiger partial charge is 0.243 e. The molecule has 0 aliphatic carbocycles. The van der Waals surface area contributed by atoms with Crippen molar-refractivity contribution in [3.8, 4) is 0 Å². The first-order chi connectivity index (χ1) is 11.9. The van der Waals surface area contributed by atoms with Gasteiger partial charge in [0.2, 0.25) is 11.8 Å². The molecule has 0 spiro atoms. The van der Waals surface area contributed by atoms with E-state index in [9.17, 15) is 4.79 Å². The summed E-state index contributed by atoms with van der Waals surface area (Å²) in [4.78, 5) is 21.1. The highest BCUT2D eigenvalue weighted by Crippen LogP contribution is 2.21. The summed E-state index contributed by atoms with van der Waals surface area (Å²) in [6.45, 7) is 10.8. The number of anilines is 1. The zero-order valence-electron chi connectivity index (χ0n) is 15.0. The summed E-state index contributed by atoms with van der Waals surface area (Å²) in [7, 11) is 0. The minimum Gasteiger partial charge on any atom is -0.360 e.